The summed E-state index contributed by atoms with van der Waals surface area (Å²) >= 11 is 0. The van der Waals surface area contributed by atoms with Crippen LogP contribution in [0.4, 0.5) is 0 Å². The number of hydrogen-bond donors (Lipinski definition) is 1. The molecule has 0 aliphatic rings. The summed E-state index contributed by atoms with van der Waals surface area (Å²) in [5, 5.41) is 10.5. The molecule has 10 heteroatoms. The van der Waals surface area contributed by atoms with Gasteiger partial charge in [-0.1, -0.05) is 24.3 Å². The number of aliphatic hydroxyl groups excluding tert-OH is 1. The van der Waals surface area contributed by atoms with Crippen LogP contribution in [0.1, 0.15) is 22.8 Å². The van der Waals surface area contributed by atoms with Gasteiger partial charge >= 0.3 is 11.9 Å². The average molecular weight is 579 g/mol. The molecule has 0 amide bonds. The first kappa shape index (κ1) is 31.6. The van der Waals surface area contributed by atoms with E-state index in [2.05, 4.69) is 9.47 Å². The number of hydrogen-bond acceptors (Lipinski definition) is 10. The van der Waals surface area contributed by atoms with Crippen LogP contribution in [0.2, 0.25) is 0 Å². The predicted octanol–water partition coefficient (Wildman–Crippen LogP) is 4.64. The minimum Gasteiger partial charge on any atom is -0.493 e. The Labute approximate surface area is 244 Å². The summed E-state index contributed by atoms with van der Waals surface area (Å²) in [7, 11) is 7.17. The molecule has 10 nitrogen and oxygen atoms in total. The molecule has 0 aliphatic carbocycles. The largest absolute Gasteiger partial charge is 0.493 e. The molecule has 2 atom stereocenters. The van der Waals surface area contributed by atoms with E-state index in [9.17, 15) is 14.7 Å². The van der Waals surface area contributed by atoms with Crippen LogP contribution in [0.5, 0.6) is 28.7 Å². The fourth-order valence-corrected chi connectivity index (χ4v) is 3.90. The maximum absolute atomic E-state index is 11.5. The van der Waals surface area contributed by atoms with Crippen molar-refractivity contribution in [3.63, 3.8) is 0 Å². The second-order valence-electron chi connectivity index (χ2n) is 8.68. The number of rotatable bonds is 14. The van der Waals surface area contributed by atoms with Gasteiger partial charge < -0.3 is 38.3 Å². The van der Waals surface area contributed by atoms with E-state index >= 15 is 0 Å². The zero-order valence-corrected chi connectivity index (χ0v) is 24.1. The second-order valence-corrected chi connectivity index (χ2v) is 8.68. The number of carbonyl (C=O) groups excluding carboxylic acids is 2. The fraction of sp³-hybridized carbons (Fsp3) is 0.250. The van der Waals surface area contributed by atoms with Gasteiger partial charge in [-0.25, -0.2) is 9.59 Å². The molecule has 3 aromatic rings. The van der Waals surface area contributed by atoms with Crippen molar-refractivity contribution in [1.29, 1.82) is 0 Å². The maximum Gasteiger partial charge on any atom is 0.330 e. The molecule has 0 aromatic heterocycles. The Morgan fingerprint density at radius 1 is 0.667 bits per heavy atom. The Morgan fingerprint density at radius 2 is 1.21 bits per heavy atom. The van der Waals surface area contributed by atoms with Crippen LogP contribution in [0.3, 0.4) is 0 Å². The monoisotopic (exact) mass is 578 g/mol. The number of aliphatic hydroxyl groups is 1. The molecule has 0 saturated carbocycles. The Bertz CT molecular complexity index is 1390. The predicted molar refractivity (Wildman–Crippen MR) is 156 cm³/mol. The van der Waals surface area contributed by atoms with Crippen LogP contribution in [0.15, 0.2) is 72.8 Å². The van der Waals surface area contributed by atoms with Gasteiger partial charge in [0, 0.05) is 17.7 Å². The number of carbonyl (C=O) groups is 2. The highest BCUT2D eigenvalue weighted by Crippen LogP contribution is 2.37. The normalized spacial score (nSPS) is 12.4. The van der Waals surface area contributed by atoms with Gasteiger partial charge in [-0.05, 0) is 59.7 Å². The van der Waals surface area contributed by atoms with E-state index in [4.69, 9.17) is 23.7 Å². The average Bonchev–Trinajstić information content (AvgIpc) is 3.04. The smallest absolute Gasteiger partial charge is 0.330 e. The number of benzene rings is 3. The Kier molecular flexibility index (Phi) is 11.8. The van der Waals surface area contributed by atoms with E-state index in [1.54, 1.807) is 72.8 Å². The van der Waals surface area contributed by atoms with Crippen molar-refractivity contribution in [3.8, 4) is 28.7 Å². The van der Waals surface area contributed by atoms with Crippen LogP contribution >= 0.6 is 0 Å². The van der Waals surface area contributed by atoms with Crippen LogP contribution < -0.4 is 23.7 Å². The Balaban J connectivity index is 1.97. The molecule has 3 aromatic carbocycles. The maximum atomic E-state index is 11.5. The number of esters is 2. The third-order valence-electron chi connectivity index (χ3n) is 6.09. The van der Waals surface area contributed by atoms with Crippen molar-refractivity contribution in [2.75, 3.05) is 42.2 Å². The molecule has 0 spiro atoms. The molecular formula is C32H34O10. The highest BCUT2D eigenvalue weighted by molar-refractivity contribution is 5.87. The minimum atomic E-state index is -0.872. The molecule has 1 N–H and O–H groups in total. The van der Waals surface area contributed by atoms with Gasteiger partial charge in [-0.3, -0.25) is 0 Å². The standard InChI is InChI=1S/C32H34O10/c1-36-25-15-11-23(19-28(25)38-3)32(42-26-14-8-22(18-27(26)37-2)10-17-31(35)40-5)29(20-33)41-24-12-6-21(7-13-24)9-16-30(34)39-4/h6-19,29,32-33H,20H2,1-5H3/b16-9+,17-10+. The third kappa shape index (κ3) is 8.52. The molecule has 0 fully saturated rings. The lowest BCUT2D eigenvalue weighted by atomic mass is 10.0. The first-order valence-electron chi connectivity index (χ1n) is 12.8. The van der Waals surface area contributed by atoms with Crippen LogP contribution in [-0.2, 0) is 19.1 Å². The molecule has 0 radical (unpaired) electrons. The van der Waals surface area contributed by atoms with Gasteiger partial charge in [0.1, 0.15) is 5.75 Å². The van der Waals surface area contributed by atoms with E-state index in [0.717, 1.165) is 5.56 Å². The van der Waals surface area contributed by atoms with Crippen molar-refractivity contribution >= 4 is 24.1 Å². The Hall–Kier alpha value is -4.96. The molecule has 3 rings (SSSR count). The van der Waals surface area contributed by atoms with Crippen molar-refractivity contribution in [1.82, 2.24) is 0 Å². The number of methoxy groups -OCH3 is 5. The zero-order chi connectivity index (χ0) is 30.5. The van der Waals surface area contributed by atoms with Crippen LogP contribution in [0, 0.1) is 0 Å². The molecular weight excluding hydrogens is 544 g/mol. The first-order chi connectivity index (χ1) is 20.3. The van der Waals surface area contributed by atoms with Gasteiger partial charge in [0.25, 0.3) is 0 Å². The first-order valence-corrected chi connectivity index (χ1v) is 12.8. The molecule has 0 aliphatic heterocycles. The quantitative estimate of drug-likeness (QED) is 0.214. The summed E-state index contributed by atoms with van der Waals surface area (Å²) in [5.74, 6) is 1.28. The molecule has 222 valence electrons. The lowest BCUT2D eigenvalue weighted by Gasteiger charge is -2.29. The Morgan fingerprint density at radius 3 is 1.79 bits per heavy atom. The van der Waals surface area contributed by atoms with Crippen LogP contribution in [-0.4, -0.2) is 65.3 Å². The molecule has 0 saturated heterocycles. The molecule has 0 heterocycles. The molecule has 0 bridgehead atoms. The highest BCUT2D eigenvalue weighted by Gasteiger charge is 2.29. The van der Waals surface area contributed by atoms with E-state index in [1.165, 1.54) is 47.7 Å². The van der Waals surface area contributed by atoms with Crippen molar-refractivity contribution in [2.45, 2.75) is 12.2 Å². The lowest BCUT2D eigenvalue weighted by molar-refractivity contribution is -0.135. The summed E-state index contributed by atoms with van der Waals surface area (Å²) in [6.07, 6.45) is 4.12. The zero-order valence-electron chi connectivity index (χ0n) is 24.1. The molecule has 42 heavy (non-hydrogen) atoms. The minimum absolute atomic E-state index is 0.373. The van der Waals surface area contributed by atoms with Crippen LogP contribution in [0.25, 0.3) is 12.2 Å². The van der Waals surface area contributed by atoms with Crippen molar-refractivity contribution < 1.29 is 47.9 Å². The summed E-state index contributed by atoms with van der Waals surface area (Å²) in [5.41, 5.74) is 2.08. The van der Waals surface area contributed by atoms with E-state index in [0.29, 0.717) is 39.9 Å². The van der Waals surface area contributed by atoms with E-state index in [1.807, 2.05) is 0 Å². The third-order valence-corrected chi connectivity index (χ3v) is 6.09. The van der Waals surface area contributed by atoms with Crippen molar-refractivity contribution in [2.24, 2.45) is 0 Å². The number of ether oxygens (including phenoxy) is 7. The highest BCUT2D eigenvalue weighted by atomic mass is 16.6. The topological polar surface area (TPSA) is 119 Å². The molecule has 2 unspecified atom stereocenters. The SMILES string of the molecule is COC(=O)/C=C/c1ccc(OC(CO)C(Oc2ccc(/C=C/C(=O)OC)cc2OC)c2ccc(OC)c(OC)c2)cc1. The van der Waals surface area contributed by atoms with E-state index < -0.39 is 30.8 Å². The second kappa shape index (κ2) is 15.7. The van der Waals surface area contributed by atoms with Gasteiger partial charge in [-0.2, -0.15) is 0 Å². The van der Waals surface area contributed by atoms with E-state index in [-0.39, 0.29) is 0 Å². The fourth-order valence-electron chi connectivity index (χ4n) is 3.90. The van der Waals surface area contributed by atoms with Gasteiger partial charge in [0.15, 0.2) is 35.2 Å². The van der Waals surface area contributed by atoms with Gasteiger partial charge in [0.2, 0.25) is 0 Å². The summed E-state index contributed by atoms with van der Waals surface area (Å²) < 4.78 is 38.3. The van der Waals surface area contributed by atoms with Gasteiger partial charge in [-0.15, -0.1) is 0 Å². The van der Waals surface area contributed by atoms with Crippen molar-refractivity contribution in [3.05, 3.63) is 89.5 Å². The summed E-state index contributed by atoms with van der Waals surface area (Å²) in [6, 6.07) is 17.4. The lowest BCUT2D eigenvalue weighted by Crippen LogP contribution is -2.33. The summed E-state index contributed by atoms with van der Waals surface area (Å²) in [4.78, 5) is 22.9. The van der Waals surface area contributed by atoms with Gasteiger partial charge in [0.05, 0.1) is 42.2 Å². The summed E-state index contributed by atoms with van der Waals surface area (Å²) in [6.45, 7) is -0.398.